The van der Waals surface area contributed by atoms with E-state index in [0.29, 0.717) is 11.8 Å². The van der Waals surface area contributed by atoms with E-state index < -0.39 is 0 Å². The fraction of sp³-hybridized carbons (Fsp3) is 0.500. The molecular formula is C14H19NO. The van der Waals surface area contributed by atoms with Crippen molar-refractivity contribution < 1.29 is 4.79 Å². The molecule has 0 aromatic heterocycles. The van der Waals surface area contributed by atoms with Crippen LogP contribution in [0.25, 0.3) is 0 Å². The molecule has 1 unspecified atom stereocenters. The van der Waals surface area contributed by atoms with Gasteiger partial charge in [0.1, 0.15) is 0 Å². The molecule has 2 nitrogen and oxygen atoms in total. The van der Waals surface area contributed by atoms with Crippen LogP contribution >= 0.6 is 0 Å². The summed E-state index contributed by atoms with van der Waals surface area (Å²) < 4.78 is 0. The monoisotopic (exact) mass is 217 g/mol. The first-order valence-electron chi connectivity index (χ1n) is 6.07. The van der Waals surface area contributed by atoms with Crippen molar-refractivity contribution >= 4 is 5.91 Å². The summed E-state index contributed by atoms with van der Waals surface area (Å²) in [5.41, 5.74) is 1.23. The number of hydrogen-bond donors (Lipinski definition) is 0. The highest BCUT2D eigenvalue weighted by atomic mass is 16.2. The van der Waals surface area contributed by atoms with Gasteiger partial charge in [0.15, 0.2) is 0 Å². The lowest BCUT2D eigenvalue weighted by Crippen LogP contribution is -2.31. The third-order valence-corrected chi connectivity index (χ3v) is 3.19. The van der Waals surface area contributed by atoms with Crippen LogP contribution in [0.15, 0.2) is 30.3 Å². The standard InChI is InChI=1S/C14H19NO/c1-12-6-5-9-14(16)15(10-12)11-13-7-3-2-4-8-13/h2-4,7-8,12H,5-6,9-11H2,1H3. The van der Waals surface area contributed by atoms with Crippen LogP contribution in [0.3, 0.4) is 0 Å². The molecule has 1 atom stereocenters. The Hall–Kier alpha value is -1.31. The topological polar surface area (TPSA) is 20.3 Å². The number of carbonyl (C=O) groups is 1. The predicted molar refractivity (Wildman–Crippen MR) is 64.9 cm³/mol. The Labute approximate surface area is 97.3 Å². The Morgan fingerprint density at radius 3 is 2.81 bits per heavy atom. The van der Waals surface area contributed by atoms with Gasteiger partial charge in [0.25, 0.3) is 0 Å². The third-order valence-electron chi connectivity index (χ3n) is 3.19. The first-order chi connectivity index (χ1) is 7.75. The molecule has 2 rings (SSSR count). The van der Waals surface area contributed by atoms with E-state index >= 15 is 0 Å². The highest BCUT2D eigenvalue weighted by Gasteiger charge is 2.20. The maximum atomic E-state index is 11.9. The van der Waals surface area contributed by atoms with E-state index in [1.807, 2.05) is 23.1 Å². The number of carbonyl (C=O) groups excluding carboxylic acids is 1. The quantitative estimate of drug-likeness (QED) is 0.746. The summed E-state index contributed by atoms with van der Waals surface area (Å²) in [5, 5.41) is 0. The molecule has 1 amide bonds. The Morgan fingerprint density at radius 1 is 1.31 bits per heavy atom. The molecule has 16 heavy (non-hydrogen) atoms. The van der Waals surface area contributed by atoms with Gasteiger partial charge in [-0.2, -0.15) is 0 Å². The van der Waals surface area contributed by atoms with Gasteiger partial charge in [-0.3, -0.25) is 4.79 Å². The lowest BCUT2D eigenvalue weighted by Gasteiger charge is -2.23. The Morgan fingerprint density at radius 2 is 2.06 bits per heavy atom. The lowest BCUT2D eigenvalue weighted by atomic mass is 10.1. The molecular weight excluding hydrogens is 198 g/mol. The minimum absolute atomic E-state index is 0.313. The summed E-state index contributed by atoms with van der Waals surface area (Å²) in [5.74, 6) is 0.948. The minimum atomic E-state index is 0.313. The van der Waals surface area contributed by atoms with Gasteiger partial charge in [-0.1, -0.05) is 37.3 Å². The molecule has 0 bridgehead atoms. The van der Waals surface area contributed by atoms with Gasteiger partial charge < -0.3 is 4.90 Å². The molecule has 1 aliphatic rings. The molecule has 0 saturated carbocycles. The van der Waals surface area contributed by atoms with Crippen LogP contribution in [0, 0.1) is 5.92 Å². The maximum absolute atomic E-state index is 11.9. The van der Waals surface area contributed by atoms with Crippen LogP contribution in [-0.2, 0) is 11.3 Å². The zero-order valence-electron chi connectivity index (χ0n) is 9.86. The molecule has 1 aromatic rings. The van der Waals surface area contributed by atoms with E-state index in [0.717, 1.165) is 25.9 Å². The van der Waals surface area contributed by atoms with Crippen molar-refractivity contribution in [3.63, 3.8) is 0 Å². The van der Waals surface area contributed by atoms with E-state index in [4.69, 9.17) is 0 Å². The van der Waals surface area contributed by atoms with Crippen molar-refractivity contribution in [1.29, 1.82) is 0 Å². The molecule has 0 aliphatic carbocycles. The van der Waals surface area contributed by atoms with Crippen molar-refractivity contribution in [3.8, 4) is 0 Å². The van der Waals surface area contributed by atoms with E-state index in [1.54, 1.807) is 0 Å². The molecule has 1 aliphatic heterocycles. The van der Waals surface area contributed by atoms with Crippen LogP contribution in [0.4, 0.5) is 0 Å². The Balaban J connectivity index is 2.04. The molecule has 0 spiro atoms. The van der Waals surface area contributed by atoms with Gasteiger partial charge in [-0.15, -0.1) is 0 Å². The fourth-order valence-electron chi connectivity index (χ4n) is 2.29. The van der Waals surface area contributed by atoms with Gasteiger partial charge in [-0.25, -0.2) is 0 Å². The van der Waals surface area contributed by atoms with Gasteiger partial charge in [0, 0.05) is 19.5 Å². The van der Waals surface area contributed by atoms with Crippen LogP contribution in [0.1, 0.15) is 31.7 Å². The summed E-state index contributed by atoms with van der Waals surface area (Å²) in [4.78, 5) is 13.9. The zero-order chi connectivity index (χ0) is 11.4. The van der Waals surface area contributed by atoms with Gasteiger partial charge in [0.2, 0.25) is 5.91 Å². The molecule has 0 N–H and O–H groups in total. The summed E-state index contributed by atoms with van der Waals surface area (Å²) >= 11 is 0. The van der Waals surface area contributed by atoms with E-state index in [2.05, 4.69) is 19.1 Å². The molecule has 1 heterocycles. The SMILES string of the molecule is CC1CCCC(=O)N(Cc2ccccc2)C1. The van der Waals surface area contributed by atoms with Crippen LogP contribution in [0.2, 0.25) is 0 Å². The second kappa shape index (κ2) is 5.15. The molecule has 1 aromatic carbocycles. The summed E-state index contributed by atoms with van der Waals surface area (Å²) in [7, 11) is 0. The first-order valence-corrected chi connectivity index (χ1v) is 6.07. The molecule has 1 fully saturated rings. The summed E-state index contributed by atoms with van der Waals surface area (Å²) in [6.07, 6.45) is 2.94. The molecule has 0 radical (unpaired) electrons. The average molecular weight is 217 g/mol. The zero-order valence-corrected chi connectivity index (χ0v) is 9.86. The average Bonchev–Trinajstić information content (AvgIpc) is 2.43. The second-order valence-corrected chi connectivity index (χ2v) is 4.76. The van der Waals surface area contributed by atoms with Gasteiger partial charge >= 0.3 is 0 Å². The van der Waals surface area contributed by atoms with E-state index in [-0.39, 0.29) is 0 Å². The minimum Gasteiger partial charge on any atom is -0.338 e. The number of rotatable bonds is 2. The van der Waals surface area contributed by atoms with Crippen LogP contribution < -0.4 is 0 Å². The Bertz CT molecular complexity index is 347. The number of amides is 1. The summed E-state index contributed by atoms with van der Waals surface area (Å²) in [6, 6.07) is 10.2. The first kappa shape index (κ1) is 11.2. The highest BCUT2D eigenvalue weighted by Crippen LogP contribution is 2.18. The summed E-state index contributed by atoms with van der Waals surface area (Å²) in [6.45, 7) is 3.91. The van der Waals surface area contributed by atoms with Crippen molar-refractivity contribution in [3.05, 3.63) is 35.9 Å². The smallest absolute Gasteiger partial charge is 0.222 e. The van der Waals surface area contributed by atoms with Gasteiger partial charge in [-0.05, 0) is 24.3 Å². The number of hydrogen-bond acceptors (Lipinski definition) is 1. The van der Waals surface area contributed by atoms with E-state index in [9.17, 15) is 4.79 Å². The predicted octanol–water partition coefficient (Wildman–Crippen LogP) is 2.84. The Kier molecular flexibility index (Phi) is 3.60. The lowest BCUT2D eigenvalue weighted by molar-refractivity contribution is -0.131. The highest BCUT2D eigenvalue weighted by molar-refractivity contribution is 5.76. The fourth-order valence-corrected chi connectivity index (χ4v) is 2.29. The molecule has 2 heteroatoms. The van der Waals surface area contributed by atoms with Crippen molar-refractivity contribution in [2.24, 2.45) is 5.92 Å². The van der Waals surface area contributed by atoms with Crippen molar-refractivity contribution in [2.75, 3.05) is 6.54 Å². The number of nitrogens with zero attached hydrogens (tertiary/aromatic N) is 1. The normalized spacial score (nSPS) is 21.9. The third kappa shape index (κ3) is 2.84. The van der Waals surface area contributed by atoms with E-state index in [1.165, 1.54) is 12.0 Å². The van der Waals surface area contributed by atoms with Crippen LogP contribution in [-0.4, -0.2) is 17.4 Å². The van der Waals surface area contributed by atoms with Crippen molar-refractivity contribution in [2.45, 2.75) is 32.7 Å². The maximum Gasteiger partial charge on any atom is 0.222 e. The number of likely N-dealkylation sites (tertiary alicyclic amines) is 1. The van der Waals surface area contributed by atoms with Crippen LogP contribution in [0.5, 0.6) is 0 Å². The second-order valence-electron chi connectivity index (χ2n) is 4.76. The van der Waals surface area contributed by atoms with Gasteiger partial charge in [0.05, 0.1) is 0 Å². The largest absolute Gasteiger partial charge is 0.338 e. The number of benzene rings is 1. The molecule has 1 saturated heterocycles. The molecule has 86 valence electrons. The van der Waals surface area contributed by atoms with Crippen molar-refractivity contribution in [1.82, 2.24) is 4.90 Å².